The molecule has 0 fully saturated rings. The quantitative estimate of drug-likeness (QED) is 0.159. The summed E-state index contributed by atoms with van der Waals surface area (Å²) in [4.78, 5) is 0. The minimum Gasteiger partial charge on any atom is -0.120 e. The molecule has 0 aliphatic rings. The maximum atomic E-state index is 4.11. The van der Waals surface area contributed by atoms with Crippen molar-refractivity contribution in [2.45, 2.75) is 52.1 Å². The summed E-state index contributed by atoms with van der Waals surface area (Å²) in [6, 6.07) is 44.0. The molecule has 0 aliphatic heterocycles. The molecule has 0 atom stereocenters. The van der Waals surface area contributed by atoms with Gasteiger partial charge in [-0.3, -0.25) is 0 Å². The van der Waals surface area contributed by atoms with Crippen LogP contribution in [0.3, 0.4) is 0 Å². The summed E-state index contributed by atoms with van der Waals surface area (Å²) in [5.74, 6) is 3.72. The van der Waals surface area contributed by atoms with Crippen molar-refractivity contribution in [1.82, 2.24) is 0 Å². The van der Waals surface area contributed by atoms with Gasteiger partial charge in [0.2, 0.25) is 8.07 Å². The third kappa shape index (κ3) is 7.99. The van der Waals surface area contributed by atoms with Gasteiger partial charge in [0.1, 0.15) is 0 Å². The molecular formula is C38H43AlSi. The van der Waals surface area contributed by atoms with Gasteiger partial charge in [-0.2, -0.15) is 0 Å². The van der Waals surface area contributed by atoms with Gasteiger partial charge in [-0.25, -0.2) is 0 Å². The molecule has 0 amide bonds. The average molecular weight is 555 g/mol. The lowest BCUT2D eigenvalue weighted by Gasteiger charge is -2.38. The van der Waals surface area contributed by atoms with Crippen LogP contribution < -0.4 is 10.4 Å². The average Bonchev–Trinajstić information content (AvgIpc) is 2.93. The van der Waals surface area contributed by atoms with E-state index in [0.29, 0.717) is 0 Å². The minimum absolute atomic E-state index is 0.234. The van der Waals surface area contributed by atoms with Crippen molar-refractivity contribution in [3.8, 4) is 11.5 Å². The van der Waals surface area contributed by atoms with Gasteiger partial charge in [-0.05, 0) is 38.9 Å². The van der Waals surface area contributed by atoms with Crippen LogP contribution in [0.1, 0.15) is 52.7 Å². The summed E-state index contributed by atoms with van der Waals surface area (Å²) in [7, 11) is -2.74. The number of benzene rings is 4. The fourth-order valence-corrected chi connectivity index (χ4v) is 17.6. The van der Waals surface area contributed by atoms with E-state index in [9.17, 15) is 0 Å². The lowest BCUT2D eigenvalue weighted by molar-refractivity contribution is 0.441. The van der Waals surface area contributed by atoms with Gasteiger partial charge in [-0.15, -0.1) is 9.60 Å². The topological polar surface area (TPSA) is 0 Å². The van der Waals surface area contributed by atoms with E-state index in [4.69, 9.17) is 0 Å². The van der Waals surface area contributed by atoms with E-state index in [0.717, 1.165) is 5.56 Å². The van der Waals surface area contributed by atoms with E-state index in [1.165, 1.54) is 26.5 Å². The number of rotatable bonds is 7. The smallest absolute Gasteiger partial charge is 0.120 e. The molecule has 4 aromatic carbocycles. The highest BCUT2D eigenvalue weighted by Gasteiger charge is 2.46. The fourth-order valence-electron chi connectivity index (χ4n) is 5.81. The molecule has 40 heavy (non-hydrogen) atoms. The van der Waals surface area contributed by atoms with E-state index in [-0.39, 0.29) is 10.8 Å². The lowest BCUT2D eigenvalue weighted by Crippen LogP contribution is -2.62. The molecule has 0 bridgehead atoms. The lowest BCUT2D eigenvalue weighted by atomic mass is 10.00. The Morgan fingerprint density at radius 1 is 0.600 bits per heavy atom. The van der Waals surface area contributed by atoms with E-state index >= 15 is 0 Å². The molecule has 0 saturated heterocycles. The van der Waals surface area contributed by atoms with Crippen LogP contribution in [0.2, 0.25) is 10.6 Å². The Hall–Kier alpha value is -3.07. The van der Waals surface area contributed by atoms with Crippen molar-refractivity contribution in [3.05, 3.63) is 137 Å². The zero-order chi connectivity index (χ0) is 28.6. The second-order valence-corrected chi connectivity index (χ2v) is 20.2. The van der Waals surface area contributed by atoms with E-state index in [1.54, 1.807) is 4.06 Å². The summed E-state index contributed by atoms with van der Waals surface area (Å²) in [6.07, 6.45) is 2.57. The number of hydrogen-bond acceptors (Lipinski definition) is 0. The van der Waals surface area contributed by atoms with Crippen LogP contribution in [0.4, 0.5) is 0 Å². The van der Waals surface area contributed by atoms with Gasteiger partial charge in [0.15, 0.2) is 0 Å². The molecule has 0 saturated carbocycles. The third-order valence-corrected chi connectivity index (χ3v) is 18.2. The van der Waals surface area contributed by atoms with Crippen LogP contribution in [0.15, 0.2) is 125 Å². The monoisotopic (exact) mass is 554 g/mol. The first-order valence-electron chi connectivity index (χ1n) is 14.5. The molecule has 0 aromatic heterocycles. The molecule has 0 radical (unpaired) electrons. The molecular weight excluding hydrogens is 511 g/mol. The SMILES string of the molecule is CC(C)(C)[CH2][Al]([CH2]C(C)(C)C)/[C](=C\c1ccccc1)[Si](C#Cc1ccccc1)(c1ccccc1)c1ccccc1. The number of hydrogen-bond donors (Lipinski definition) is 0. The van der Waals surface area contributed by atoms with Crippen molar-refractivity contribution in [2.24, 2.45) is 10.8 Å². The highest BCUT2D eigenvalue weighted by molar-refractivity contribution is 7.20. The van der Waals surface area contributed by atoms with Gasteiger partial charge in [0.05, 0.1) is 0 Å². The second kappa shape index (κ2) is 13.1. The first-order valence-corrected chi connectivity index (χ1v) is 18.7. The molecule has 0 spiro atoms. The molecule has 2 heteroatoms. The molecule has 4 aromatic rings. The molecule has 0 N–H and O–H groups in total. The summed E-state index contributed by atoms with van der Waals surface area (Å²) >= 11 is -1.54. The molecule has 0 aliphatic carbocycles. The zero-order valence-electron chi connectivity index (χ0n) is 25.1. The normalized spacial score (nSPS) is 12.4. The Morgan fingerprint density at radius 3 is 1.43 bits per heavy atom. The first-order chi connectivity index (χ1) is 19.1. The largest absolute Gasteiger partial charge is 0.298 e. The van der Waals surface area contributed by atoms with Crippen molar-refractivity contribution < 1.29 is 0 Å². The Kier molecular flexibility index (Phi) is 9.76. The summed E-state index contributed by atoms with van der Waals surface area (Å²) < 4.78 is 1.64. The summed E-state index contributed by atoms with van der Waals surface area (Å²) in [5, 5.41) is 5.24. The zero-order valence-corrected chi connectivity index (χ0v) is 27.3. The second-order valence-electron chi connectivity index (χ2n) is 13.3. The van der Waals surface area contributed by atoms with E-state index < -0.39 is 22.2 Å². The molecule has 0 heterocycles. The van der Waals surface area contributed by atoms with Crippen molar-refractivity contribution in [1.29, 1.82) is 0 Å². The highest BCUT2D eigenvalue weighted by atomic mass is 28.3. The van der Waals surface area contributed by atoms with Gasteiger partial charge in [0.25, 0.3) is 14.1 Å². The predicted octanol–water partition coefficient (Wildman–Crippen LogP) is 8.59. The standard InChI is InChI=1S/C28H21Si.2C5H11.Al/c1-5-13-25(14-6-1)21-23-29(27-17-9-3-10-18-27,28-19-11-4-12-20-28)24-22-26-15-7-2-8-16-26;2*1-5(2,3)4;/h1-21H;2*1H2,2-4H3;. The summed E-state index contributed by atoms with van der Waals surface area (Å²) in [6.45, 7) is 14.5. The fraction of sp³-hybridized carbons (Fsp3) is 0.263. The highest BCUT2D eigenvalue weighted by Crippen LogP contribution is 2.36. The Labute approximate surface area is 248 Å². The first kappa shape index (κ1) is 29.9. The van der Waals surface area contributed by atoms with Crippen LogP contribution in [-0.4, -0.2) is 22.2 Å². The Balaban J connectivity index is 2.14. The maximum absolute atomic E-state index is 4.11. The van der Waals surface area contributed by atoms with Crippen molar-refractivity contribution in [2.75, 3.05) is 0 Å². The van der Waals surface area contributed by atoms with Crippen LogP contribution in [0.25, 0.3) is 6.08 Å². The van der Waals surface area contributed by atoms with Gasteiger partial charge in [-0.1, -0.05) is 173 Å². The summed E-state index contributed by atoms with van der Waals surface area (Å²) in [5.41, 5.74) is 6.94. The third-order valence-electron chi connectivity index (χ3n) is 7.29. The Morgan fingerprint density at radius 2 is 1.00 bits per heavy atom. The van der Waals surface area contributed by atoms with Crippen LogP contribution in [0, 0.1) is 22.3 Å². The molecule has 202 valence electrons. The Bertz CT molecular complexity index is 1380. The molecule has 0 unspecified atom stereocenters. The van der Waals surface area contributed by atoms with Gasteiger partial charge >= 0.3 is 0 Å². The maximum Gasteiger partial charge on any atom is 0.298 e. The van der Waals surface area contributed by atoms with Crippen LogP contribution in [0.5, 0.6) is 0 Å². The molecule has 0 nitrogen and oxygen atoms in total. The van der Waals surface area contributed by atoms with Crippen molar-refractivity contribution in [3.63, 3.8) is 0 Å². The van der Waals surface area contributed by atoms with Gasteiger partial charge < -0.3 is 0 Å². The van der Waals surface area contributed by atoms with E-state index in [2.05, 4.69) is 180 Å². The molecule has 4 rings (SSSR count). The van der Waals surface area contributed by atoms with E-state index in [1.807, 2.05) is 0 Å². The van der Waals surface area contributed by atoms with Crippen molar-refractivity contribution >= 4 is 38.7 Å². The van der Waals surface area contributed by atoms with Crippen LogP contribution >= 0.6 is 0 Å². The van der Waals surface area contributed by atoms with Gasteiger partial charge in [0, 0.05) is 5.56 Å². The predicted molar refractivity (Wildman–Crippen MR) is 180 cm³/mol. The van der Waals surface area contributed by atoms with Crippen LogP contribution in [-0.2, 0) is 0 Å². The minimum atomic E-state index is -2.74.